The largest absolute Gasteiger partial charge is 0.360 e. The van der Waals surface area contributed by atoms with Gasteiger partial charge in [-0.2, -0.15) is 0 Å². The van der Waals surface area contributed by atoms with E-state index in [1.807, 2.05) is 0 Å². The van der Waals surface area contributed by atoms with Gasteiger partial charge in [-0.1, -0.05) is 17.8 Å². The van der Waals surface area contributed by atoms with Crippen molar-refractivity contribution >= 4 is 32.4 Å². The minimum absolute atomic E-state index is 0.763. The standard InChI is InChI=1S/C11H19BrN4S/c1-9-5-2-3-7-16(9)8-4-6-13-11-15-14-10(12)17-11/h9H,2-8H2,1H3,(H,13,15). The predicted octanol–water partition coefficient (Wildman–Crippen LogP) is 2.98. The molecule has 0 spiro atoms. The van der Waals surface area contributed by atoms with Gasteiger partial charge >= 0.3 is 0 Å². The molecule has 1 saturated heterocycles. The average Bonchev–Trinajstić information content (AvgIpc) is 2.73. The van der Waals surface area contributed by atoms with E-state index in [4.69, 9.17) is 0 Å². The summed E-state index contributed by atoms with van der Waals surface area (Å²) in [6.07, 6.45) is 5.29. The van der Waals surface area contributed by atoms with E-state index in [0.29, 0.717) is 0 Å². The Morgan fingerprint density at radius 2 is 2.35 bits per heavy atom. The molecule has 1 aromatic rings. The summed E-state index contributed by atoms with van der Waals surface area (Å²) in [5, 5.41) is 12.1. The first-order chi connectivity index (χ1) is 8.25. The Hall–Kier alpha value is -0.200. The van der Waals surface area contributed by atoms with E-state index in [1.165, 1.54) is 38.8 Å². The highest BCUT2D eigenvalue weighted by molar-refractivity contribution is 9.11. The van der Waals surface area contributed by atoms with E-state index in [2.05, 4.69) is 43.3 Å². The molecule has 17 heavy (non-hydrogen) atoms. The lowest BCUT2D eigenvalue weighted by atomic mass is 10.0. The Bertz CT molecular complexity index is 344. The Morgan fingerprint density at radius 1 is 1.47 bits per heavy atom. The molecule has 0 bridgehead atoms. The maximum atomic E-state index is 4.01. The molecule has 2 rings (SSSR count). The second kappa shape index (κ2) is 6.66. The molecular formula is C11H19BrN4S. The zero-order valence-electron chi connectivity index (χ0n) is 10.2. The Labute approximate surface area is 115 Å². The fourth-order valence-electron chi connectivity index (χ4n) is 2.24. The fourth-order valence-corrected chi connectivity index (χ4v) is 3.28. The van der Waals surface area contributed by atoms with Crippen molar-refractivity contribution in [2.24, 2.45) is 0 Å². The molecule has 1 aliphatic heterocycles. The SMILES string of the molecule is CC1CCCCN1CCCNc1nnc(Br)s1. The third-order valence-corrected chi connectivity index (χ3v) is 4.55. The molecule has 1 aromatic heterocycles. The maximum absolute atomic E-state index is 4.01. The van der Waals surface area contributed by atoms with Gasteiger partial charge in [-0.05, 0) is 48.7 Å². The van der Waals surface area contributed by atoms with Crippen molar-refractivity contribution in [3.63, 3.8) is 0 Å². The first-order valence-corrected chi connectivity index (χ1v) is 7.83. The van der Waals surface area contributed by atoms with E-state index in [-0.39, 0.29) is 0 Å². The number of nitrogens with one attached hydrogen (secondary N) is 1. The zero-order valence-corrected chi connectivity index (χ0v) is 12.6. The Morgan fingerprint density at radius 3 is 3.06 bits per heavy atom. The molecule has 96 valence electrons. The molecule has 1 unspecified atom stereocenters. The monoisotopic (exact) mass is 318 g/mol. The molecule has 0 aliphatic carbocycles. The molecule has 0 amide bonds. The number of hydrogen-bond acceptors (Lipinski definition) is 5. The van der Waals surface area contributed by atoms with Gasteiger partial charge in [-0.25, -0.2) is 0 Å². The number of rotatable bonds is 5. The van der Waals surface area contributed by atoms with E-state index < -0.39 is 0 Å². The van der Waals surface area contributed by atoms with Crippen LogP contribution in [0.4, 0.5) is 5.13 Å². The van der Waals surface area contributed by atoms with Gasteiger partial charge in [0.1, 0.15) is 0 Å². The zero-order chi connectivity index (χ0) is 12.1. The third kappa shape index (κ3) is 4.19. The second-order valence-corrected chi connectivity index (χ2v) is 6.77. The van der Waals surface area contributed by atoms with E-state index >= 15 is 0 Å². The van der Waals surface area contributed by atoms with Crippen molar-refractivity contribution in [3.05, 3.63) is 3.92 Å². The van der Waals surface area contributed by atoms with E-state index in [0.717, 1.165) is 21.6 Å². The van der Waals surface area contributed by atoms with Gasteiger partial charge in [0.05, 0.1) is 0 Å². The molecule has 0 radical (unpaired) electrons. The molecule has 1 N–H and O–H groups in total. The fraction of sp³-hybridized carbons (Fsp3) is 0.818. The molecule has 0 aromatic carbocycles. The normalized spacial score (nSPS) is 21.6. The summed E-state index contributed by atoms with van der Waals surface area (Å²) in [4.78, 5) is 2.60. The lowest BCUT2D eigenvalue weighted by Crippen LogP contribution is -2.38. The molecule has 1 aliphatic rings. The number of aromatic nitrogens is 2. The van der Waals surface area contributed by atoms with Crippen molar-refractivity contribution in [1.29, 1.82) is 0 Å². The molecule has 6 heteroatoms. The van der Waals surface area contributed by atoms with Crippen LogP contribution in [-0.2, 0) is 0 Å². The summed E-state index contributed by atoms with van der Waals surface area (Å²) in [5.41, 5.74) is 0. The van der Waals surface area contributed by atoms with Crippen molar-refractivity contribution in [3.8, 4) is 0 Å². The quantitative estimate of drug-likeness (QED) is 0.847. The van der Waals surface area contributed by atoms with Gasteiger partial charge in [0.15, 0.2) is 3.92 Å². The van der Waals surface area contributed by atoms with E-state index in [9.17, 15) is 0 Å². The molecule has 1 atom stereocenters. The maximum Gasteiger partial charge on any atom is 0.206 e. The molecule has 4 nitrogen and oxygen atoms in total. The summed E-state index contributed by atoms with van der Waals surface area (Å²) in [5.74, 6) is 0. The topological polar surface area (TPSA) is 41.0 Å². The lowest BCUT2D eigenvalue weighted by molar-refractivity contribution is 0.160. The van der Waals surface area contributed by atoms with Crippen LogP contribution in [0.25, 0.3) is 0 Å². The van der Waals surface area contributed by atoms with Gasteiger partial charge < -0.3 is 10.2 Å². The summed E-state index contributed by atoms with van der Waals surface area (Å²) in [6, 6.07) is 0.763. The number of hydrogen-bond donors (Lipinski definition) is 1. The highest BCUT2D eigenvalue weighted by atomic mass is 79.9. The third-order valence-electron chi connectivity index (χ3n) is 3.24. The van der Waals surface area contributed by atoms with Crippen LogP contribution >= 0.6 is 27.3 Å². The van der Waals surface area contributed by atoms with Crippen molar-refractivity contribution in [2.75, 3.05) is 25.0 Å². The summed E-state index contributed by atoms with van der Waals surface area (Å²) < 4.78 is 0.838. The average molecular weight is 319 g/mol. The van der Waals surface area contributed by atoms with Crippen LogP contribution in [0.2, 0.25) is 0 Å². The van der Waals surface area contributed by atoms with Gasteiger partial charge in [-0.15, -0.1) is 10.2 Å². The summed E-state index contributed by atoms with van der Waals surface area (Å²) in [6.45, 7) is 5.78. The van der Waals surface area contributed by atoms with Crippen LogP contribution in [0.15, 0.2) is 3.92 Å². The smallest absolute Gasteiger partial charge is 0.206 e. The first kappa shape index (κ1) is 13.2. The van der Waals surface area contributed by atoms with Crippen molar-refractivity contribution < 1.29 is 0 Å². The minimum Gasteiger partial charge on any atom is -0.360 e. The number of halogens is 1. The van der Waals surface area contributed by atoms with Crippen LogP contribution in [0.5, 0.6) is 0 Å². The summed E-state index contributed by atoms with van der Waals surface area (Å²) >= 11 is 4.85. The molecule has 2 heterocycles. The number of nitrogens with zero attached hydrogens (tertiary/aromatic N) is 3. The Kier molecular flexibility index (Phi) is 5.18. The molecule has 0 saturated carbocycles. The van der Waals surface area contributed by atoms with Crippen LogP contribution in [0, 0.1) is 0 Å². The highest BCUT2D eigenvalue weighted by Crippen LogP contribution is 2.20. The summed E-state index contributed by atoms with van der Waals surface area (Å²) in [7, 11) is 0. The van der Waals surface area contributed by atoms with Crippen LogP contribution in [0.3, 0.4) is 0 Å². The lowest BCUT2D eigenvalue weighted by Gasteiger charge is -2.33. The van der Waals surface area contributed by atoms with Crippen molar-refractivity contribution in [1.82, 2.24) is 15.1 Å². The van der Waals surface area contributed by atoms with Gasteiger partial charge in [-0.3, -0.25) is 0 Å². The van der Waals surface area contributed by atoms with Crippen LogP contribution in [-0.4, -0.2) is 40.8 Å². The van der Waals surface area contributed by atoms with Crippen LogP contribution < -0.4 is 5.32 Å². The Balaban J connectivity index is 1.62. The van der Waals surface area contributed by atoms with Gasteiger partial charge in [0.2, 0.25) is 5.13 Å². The molecule has 1 fully saturated rings. The molecular weight excluding hydrogens is 300 g/mol. The second-order valence-electron chi connectivity index (χ2n) is 4.52. The predicted molar refractivity (Wildman–Crippen MR) is 75.6 cm³/mol. The van der Waals surface area contributed by atoms with E-state index in [1.54, 1.807) is 11.3 Å². The first-order valence-electron chi connectivity index (χ1n) is 6.22. The number of piperidine rings is 1. The van der Waals surface area contributed by atoms with Crippen molar-refractivity contribution in [2.45, 2.75) is 38.6 Å². The van der Waals surface area contributed by atoms with Gasteiger partial charge in [0, 0.05) is 19.1 Å². The highest BCUT2D eigenvalue weighted by Gasteiger charge is 2.16. The number of anilines is 1. The van der Waals surface area contributed by atoms with Crippen LogP contribution in [0.1, 0.15) is 32.6 Å². The number of likely N-dealkylation sites (tertiary alicyclic amines) is 1. The minimum atomic E-state index is 0.763. The van der Waals surface area contributed by atoms with Gasteiger partial charge in [0.25, 0.3) is 0 Å².